The average molecular weight is 389 g/mol. The second kappa shape index (κ2) is 9.32. The second-order valence-electron chi connectivity index (χ2n) is 7.17. The molecule has 1 N–H and O–H groups in total. The van der Waals surface area contributed by atoms with Crippen molar-refractivity contribution in [2.75, 3.05) is 0 Å². The maximum atomic E-state index is 11.5. The first-order chi connectivity index (χ1) is 14.0. The van der Waals surface area contributed by atoms with Crippen LogP contribution in [0.5, 0.6) is 0 Å². The van der Waals surface area contributed by atoms with Crippen molar-refractivity contribution < 1.29 is 9.90 Å². The number of aromatic carboxylic acids is 1. The van der Waals surface area contributed by atoms with Gasteiger partial charge in [0.25, 0.3) is 0 Å². The van der Waals surface area contributed by atoms with Gasteiger partial charge < -0.3 is 5.11 Å². The molecule has 0 radical (unpaired) electrons. The van der Waals surface area contributed by atoms with E-state index in [1.54, 1.807) is 12.1 Å². The molecule has 1 aromatic heterocycles. The zero-order valence-electron chi connectivity index (χ0n) is 17.2. The fourth-order valence-corrected chi connectivity index (χ4v) is 3.17. The van der Waals surface area contributed by atoms with Crippen molar-refractivity contribution in [3.63, 3.8) is 0 Å². The zero-order valence-corrected chi connectivity index (χ0v) is 17.2. The molecule has 1 atom stereocenters. The Morgan fingerprint density at radius 3 is 2.55 bits per heavy atom. The van der Waals surface area contributed by atoms with Gasteiger partial charge in [-0.1, -0.05) is 68.5 Å². The summed E-state index contributed by atoms with van der Waals surface area (Å²) in [7, 11) is 0. The highest BCUT2D eigenvalue weighted by Crippen LogP contribution is 2.24. The molecule has 3 rings (SSSR count). The Morgan fingerprint density at radius 2 is 1.90 bits per heavy atom. The molecule has 2 aromatic carbocycles. The van der Waals surface area contributed by atoms with Crippen LogP contribution in [-0.2, 0) is 13.0 Å². The number of nitrogens with zero attached hydrogens (tertiary/aromatic N) is 3. The number of hydrogen-bond acceptors (Lipinski definition) is 3. The predicted molar refractivity (Wildman–Crippen MR) is 115 cm³/mol. The normalized spacial score (nSPS) is 12.4. The third-order valence-electron chi connectivity index (χ3n) is 5.11. The van der Waals surface area contributed by atoms with Gasteiger partial charge in [-0.15, -0.1) is 0 Å². The van der Waals surface area contributed by atoms with E-state index in [0.29, 0.717) is 18.0 Å². The number of aromatic nitrogens is 3. The fraction of sp³-hybridized carbons (Fsp3) is 0.292. The van der Waals surface area contributed by atoms with E-state index in [4.69, 9.17) is 10.1 Å². The molecule has 29 heavy (non-hydrogen) atoms. The molecule has 0 bridgehead atoms. The van der Waals surface area contributed by atoms with Gasteiger partial charge in [0.15, 0.2) is 5.82 Å². The maximum Gasteiger partial charge on any atom is 0.336 e. The summed E-state index contributed by atoms with van der Waals surface area (Å²) in [4.78, 5) is 16.2. The summed E-state index contributed by atoms with van der Waals surface area (Å²) >= 11 is 0. The predicted octanol–water partition coefficient (Wildman–Crippen LogP) is 5.32. The highest BCUT2D eigenvalue weighted by atomic mass is 16.4. The highest BCUT2D eigenvalue weighted by Gasteiger charge is 2.14. The summed E-state index contributed by atoms with van der Waals surface area (Å²) in [6.45, 7) is 6.93. The first-order valence-electron chi connectivity index (χ1n) is 9.99. The highest BCUT2D eigenvalue weighted by molar-refractivity contribution is 5.95. The fourth-order valence-electron chi connectivity index (χ4n) is 3.17. The molecule has 0 aliphatic rings. The molecule has 0 saturated carbocycles. The molecular formula is C24H27N3O2. The maximum absolute atomic E-state index is 11.5. The Balaban J connectivity index is 1.86. The Labute approximate surface area is 171 Å². The number of carboxylic acids is 1. The molecule has 1 heterocycles. The van der Waals surface area contributed by atoms with Crippen molar-refractivity contribution in [2.24, 2.45) is 0 Å². The number of carbonyl (C=O) groups is 1. The monoisotopic (exact) mass is 389 g/mol. The summed E-state index contributed by atoms with van der Waals surface area (Å²) in [5, 5.41) is 14.2. The van der Waals surface area contributed by atoms with Gasteiger partial charge in [0, 0.05) is 12.3 Å². The van der Waals surface area contributed by atoms with Crippen LogP contribution in [0.3, 0.4) is 0 Å². The van der Waals surface area contributed by atoms with E-state index in [1.165, 1.54) is 0 Å². The molecule has 0 amide bonds. The molecule has 3 aromatic rings. The van der Waals surface area contributed by atoms with Gasteiger partial charge in [0.05, 0.1) is 12.1 Å². The van der Waals surface area contributed by atoms with Crippen LogP contribution in [0.4, 0.5) is 0 Å². The van der Waals surface area contributed by atoms with E-state index >= 15 is 0 Å². The minimum atomic E-state index is -0.918. The quantitative estimate of drug-likeness (QED) is 0.529. The third-order valence-corrected chi connectivity index (χ3v) is 5.11. The summed E-state index contributed by atoms with van der Waals surface area (Å²) < 4.78 is 1.97. The summed E-state index contributed by atoms with van der Waals surface area (Å²) in [5.74, 6) is 1.26. The Hall–Kier alpha value is -3.21. The van der Waals surface area contributed by atoms with Gasteiger partial charge in [-0.3, -0.25) is 0 Å². The molecule has 0 fully saturated rings. The lowest BCUT2D eigenvalue weighted by Gasteiger charge is -2.09. The molecule has 5 nitrogen and oxygen atoms in total. The summed E-state index contributed by atoms with van der Waals surface area (Å²) in [5.41, 5.74) is 3.02. The van der Waals surface area contributed by atoms with Crippen LogP contribution in [0.2, 0.25) is 0 Å². The molecule has 1 unspecified atom stereocenters. The Bertz CT molecular complexity index is 1000. The lowest BCUT2D eigenvalue weighted by atomic mass is 9.99. The van der Waals surface area contributed by atoms with Gasteiger partial charge in [-0.05, 0) is 36.1 Å². The number of rotatable bonds is 8. The standard InChI is InChI=1S/C24H27N3O2/c1-4-6-11-22-25-23(17(3)5-2)26-27(22)16-18-12-14-19(15-13-18)20-9-7-8-10-21(20)24(28)29/h4,6-10,12-15,17H,5,11,16H2,1-3H3,(H,28,29). The van der Waals surface area contributed by atoms with Crippen molar-refractivity contribution in [1.29, 1.82) is 0 Å². The van der Waals surface area contributed by atoms with E-state index in [1.807, 2.05) is 54.1 Å². The van der Waals surface area contributed by atoms with Crippen LogP contribution >= 0.6 is 0 Å². The van der Waals surface area contributed by atoms with E-state index in [0.717, 1.165) is 41.2 Å². The minimum absolute atomic E-state index is 0.309. The largest absolute Gasteiger partial charge is 0.478 e. The zero-order chi connectivity index (χ0) is 20.8. The van der Waals surface area contributed by atoms with Gasteiger partial charge in [0.2, 0.25) is 0 Å². The van der Waals surface area contributed by atoms with Gasteiger partial charge >= 0.3 is 5.97 Å². The Morgan fingerprint density at radius 1 is 1.17 bits per heavy atom. The number of hydrogen-bond donors (Lipinski definition) is 1. The van der Waals surface area contributed by atoms with Crippen molar-refractivity contribution in [3.05, 3.63) is 83.5 Å². The number of allylic oxidation sites excluding steroid dienone is 2. The molecular weight excluding hydrogens is 362 g/mol. The van der Waals surface area contributed by atoms with E-state index in [9.17, 15) is 9.90 Å². The van der Waals surface area contributed by atoms with E-state index in [-0.39, 0.29) is 0 Å². The molecule has 5 heteroatoms. The molecule has 0 spiro atoms. The van der Waals surface area contributed by atoms with E-state index in [2.05, 4.69) is 19.9 Å². The molecule has 0 aliphatic heterocycles. The summed E-state index contributed by atoms with van der Waals surface area (Å²) in [6.07, 6.45) is 5.87. The van der Waals surface area contributed by atoms with Crippen molar-refractivity contribution in [3.8, 4) is 11.1 Å². The van der Waals surface area contributed by atoms with Gasteiger partial charge in [-0.25, -0.2) is 14.5 Å². The third kappa shape index (κ3) is 4.80. The second-order valence-corrected chi connectivity index (χ2v) is 7.17. The summed E-state index contributed by atoms with van der Waals surface area (Å²) in [6, 6.07) is 15.1. The van der Waals surface area contributed by atoms with Crippen LogP contribution in [0.25, 0.3) is 11.1 Å². The van der Waals surface area contributed by atoms with Crippen LogP contribution in [-0.4, -0.2) is 25.8 Å². The Kier molecular flexibility index (Phi) is 6.60. The SMILES string of the molecule is CC=CCc1nc(C(C)CC)nn1Cc1ccc(-c2ccccc2C(=O)O)cc1. The topological polar surface area (TPSA) is 68.0 Å². The van der Waals surface area contributed by atoms with Crippen LogP contribution in [0.1, 0.15) is 60.7 Å². The first kappa shape index (κ1) is 20.5. The molecule has 0 aliphatic carbocycles. The van der Waals surface area contributed by atoms with Crippen molar-refractivity contribution >= 4 is 5.97 Å². The van der Waals surface area contributed by atoms with Crippen molar-refractivity contribution in [2.45, 2.75) is 46.1 Å². The van der Waals surface area contributed by atoms with Gasteiger partial charge in [0.1, 0.15) is 5.82 Å². The lowest BCUT2D eigenvalue weighted by Crippen LogP contribution is -2.07. The van der Waals surface area contributed by atoms with E-state index < -0.39 is 5.97 Å². The smallest absolute Gasteiger partial charge is 0.336 e. The average Bonchev–Trinajstić information content (AvgIpc) is 3.14. The van der Waals surface area contributed by atoms with Gasteiger partial charge in [-0.2, -0.15) is 5.10 Å². The van der Waals surface area contributed by atoms with Crippen LogP contribution in [0, 0.1) is 0 Å². The lowest BCUT2D eigenvalue weighted by molar-refractivity contribution is 0.0697. The molecule has 150 valence electrons. The van der Waals surface area contributed by atoms with Crippen molar-refractivity contribution in [1.82, 2.24) is 14.8 Å². The number of benzene rings is 2. The minimum Gasteiger partial charge on any atom is -0.478 e. The van der Waals surface area contributed by atoms with Crippen LogP contribution in [0.15, 0.2) is 60.7 Å². The van der Waals surface area contributed by atoms with Crippen LogP contribution < -0.4 is 0 Å². The molecule has 0 saturated heterocycles. The number of carboxylic acid groups (broad SMARTS) is 1. The first-order valence-corrected chi connectivity index (χ1v) is 9.99.